The molecule has 0 spiro atoms. The summed E-state index contributed by atoms with van der Waals surface area (Å²) in [5, 5.41) is 2.99. The van der Waals surface area contributed by atoms with Gasteiger partial charge in [-0.3, -0.25) is 4.90 Å². The van der Waals surface area contributed by atoms with Gasteiger partial charge in [-0.1, -0.05) is 18.2 Å². The lowest BCUT2D eigenvalue weighted by molar-refractivity contribution is -0.274. The molecule has 0 saturated carbocycles. The van der Waals surface area contributed by atoms with Crippen LogP contribution in [-0.2, 0) is 4.74 Å². The molecule has 176 valence electrons. The van der Waals surface area contributed by atoms with Crippen molar-refractivity contribution in [2.45, 2.75) is 37.8 Å². The summed E-state index contributed by atoms with van der Waals surface area (Å²) in [5.74, 6) is 0.830. The largest absolute Gasteiger partial charge is 0.573 e. The van der Waals surface area contributed by atoms with Crippen LogP contribution in [0.5, 0.6) is 11.5 Å². The number of alkyl halides is 3. The number of carbonyl (C=O) groups excluding carboxylic acids is 1. The molecule has 3 saturated heterocycles. The molecule has 0 radical (unpaired) electrons. The van der Waals surface area contributed by atoms with Crippen molar-refractivity contribution in [1.82, 2.24) is 10.2 Å². The first-order chi connectivity index (χ1) is 15.8. The molecule has 33 heavy (non-hydrogen) atoms. The van der Waals surface area contributed by atoms with Crippen molar-refractivity contribution in [2.75, 3.05) is 26.2 Å². The zero-order valence-corrected chi connectivity index (χ0v) is 17.9. The Kier molecular flexibility index (Phi) is 5.82. The zero-order valence-electron chi connectivity index (χ0n) is 17.9. The van der Waals surface area contributed by atoms with Crippen molar-refractivity contribution in [3.8, 4) is 22.6 Å². The van der Waals surface area contributed by atoms with Crippen LogP contribution in [0.1, 0.15) is 30.9 Å². The van der Waals surface area contributed by atoms with Gasteiger partial charge in [0.05, 0.1) is 12.6 Å². The van der Waals surface area contributed by atoms with Gasteiger partial charge in [-0.15, -0.1) is 13.2 Å². The summed E-state index contributed by atoms with van der Waals surface area (Å²) in [6.07, 6.45) is -2.50. The second kappa shape index (κ2) is 8.78. The van der Waals surface area contributed by atoms with Crippen molar-refractivity contribution < 1.29 is 32.2 Å². The van der Waals surface area contributed by atoms with Crippen molar-refractivity contribution >= 4 is 6.09 Å². The molecule has 6 nitrogen and oxygen atoms in total. The highest BCUT2D eigenvalue weighted by atomic mass is 19.4. The van der Waals surface area contributed by atoms with Crippen molar-refractivity contribution in [3.05, 3.63) is 48.0 Å². The van der Waals surface area contributed by atoms with Crippen LogP contribution < -0.4 is 14.8 Å². The second-order valence-electron chi connectivity index (χ2n) is 8.74. The number of halogens is 3. The molecule has 0 aromatic heterocycles. The van der Waals surface area contributed by atoms with Gasteiger partial charge in [0.15, 0.2) is 0 Å². The molecule has 4 heterocycles. The fourth-order valence-electron chi connectivity index (χ4n) is 4.93. The number of hydrogen-bond acceptors (Lipinski definition) is 5. The molecule has 2 aromatic rings. The van der Waals surface area contributed by atoms with Crippen LogP contribution in [0.3, 0.4) is 0 Å². The quantitative estimate of drug-likeness (QED) is 0.701. The minimum atomic E-state index is -4.73. The number of carbonyl (C=O) groups is 1. The summed E-state index contributed by atoms with van der Waals surface area (Å²) in [6.45, 7) is 3.42. The number of nitrogens with one attached hydrogen (secondary N) is 1. The molecule has 4 aliphatic rings. The van der Waals surface area contributed by atoms with E-state index >= 15 is 0 Å². The summed E-state index contributed by atoms with van der Waals surface area (Å²) >= 11 is 0. The smallest absolute Gasteiger partial charge is 0.493 e. The van der Waals surface area contributed by atoms with E-state index in [0.717, 1.165) is 49.2 Å². The van der Waals surface area contributed by atoms with Crippen molar-refractivity contribution in [1.29, 1.82) is 0 Å². The molecule has 1 unspecified atom stereocenters. The van der Waals surface area contributed by atoms with Crippen molar-refractivity contribution in [2.24, 2.45) is 5.92 Å². The first kappa shape index (κ1) is 21.9. The maximum Gasteiger partial charge on any atom is 0.573 e. The maximum absolute atomic E-state index is 12.7. The Morgan fingerprint density at radius 3 is 2.42 bits per heavy atom. The third-order valence-electron chi connectivity index (χ3n) is 6.62. The van der Waals surface area contributed by atoms with Crippen LogP contribution in [0.4, 0.5) is 18.0 Å². The van der Waals surface area contributed by atoms with Crippen LogP contribution in [0.25, 0.3) is 11.1 Å². The first-order valence-corrected chi connectivity index (χ1v) is 11.2. The lowest BCUT2D eigenvalue weighted by Crippen LogP contribution is -2.52. The van der Waals surface area contributed by atoms with Crippen LogP contribution in [-0.4, -0.2) is 49.7 Å². The standard InChI is InChI=1S/C24H25F3N2O4/c25-24(26,27)33-18-4-1-15(2-5-18)17-3-6-21-19(13-17)20(9-12-31-21)28-23(30)32-22-14-29-10-7-16(22)8-11-29/h1-6,13,16,20,22H,7-12,14H2,(H,28,30)/t20?,22-/m1/s1. The molecule has 4 aliphatic heterocycles. The van der Waals surface area contributed by atoms with Crippen LogP contribution in [0, 0.1) is 5.92 Å². The summed E-state index contributed by atoms with van der Waals surface area (Å²) in [5.41, 5.74) is 2.35. The number of fused-ring (bicyclic) bond motifs is 4. The Hall–Kier alpha value is -2.94. The van der Waals surface area contributed by atoms with Gasteiger partial charge in [0, 0.05) is 18.5 Å². The van der Waals surface area contributed by atoms with E-state index in [1.165, 1.54) is 12.1 Å². The molecule has 2 aromatic carbocycles. The SMILES string of the molecule is O=C(NC1CCOc2ccc(-c3ccc(OC(F)(F)F)cc3)cc21)O[C@@H]1CN2CCC1CC2. The molecule has 0 aliphatic carbocycles. The monoisotopic (exact) mass is 462 g/mol. The fourth-order valence-corrected chi connectivity index (χ4v) is 4.93. The van der Waals surface area contributed by atoms with E-state index in [4.69, 9.17) is 9.47 Å². The van der Waals surface area contributed by atoms with Gasteiger partial charge in [-0.2, -0.15) is 0 Å². The normalized spacial score (nSPS) is 26.2. The Balaban J connectivity index is 1.28. The average molecular weight is 462 g/mol. The Morgan fingerprint density at radius 2 is 1.76 bits per heavy atom. The highest BCUT2D eigenvalue weighted by Gasteiger charge is 2.37. The van der Waals surface area contributed by atoms with E-state index < -0.39 is 12.5 Å². The Bertz CT molecular complexity index is 1000. The molecule has 1 amide bonds. The number of rotatable bonds is 4. The van der Waals surface area contributed by atoms with Gasteiger partial charge in [0.25, 0.3) is 0 Å². The fraction of sp³-hybridized carbons (Fsp3) is 0.458. The second-order valence-corrected chi connectivity index (χ2v) is 8.74. The predicted molar refractivity (Wildman–Crippen MR) is 114 cm³/mol. The van der Waals surface area contributed by atoms with Gasteiger partial charge in [-0.05, 0) is 67.2 Å². The third kappa shape index (κ3) is 5.03. The molecule has 3 fully saturated rings. The number of ether oxygens (including phenoxy) is 3. The summed E-state index contributed by atoms with van der Waals surface area (Å²) in [6, 6.07) is 11.0. The number of piperidine rings is 3. The summed E-state index contributed by atoms with van der Waals surface area (Å²) in [4.78, 5) is 15.0. The molecule has 2 atom stereocenters. The van der Waals surface area contributed by atoms with E-state index in [1.807, 2.05) is 18.2 Å². The third-order valence-corrected chi connectivity index (χ3v) is 6.62. The molecular formula is C24H25F3N2O4. The minimum absolute atomic E-state index is 0.0735. The first-order valence-electron chi connectivity index (χ1n) is 11.2. The van der Waals surface area contributed by atoms with Crippen LogP contribution in [0.15, 0.2) is 42.5 Å². The topological polar surface area (TPSA) is 60.0 Å². The highest BCUT2D eigenvalue weighted by molar-refractivity contribution is 5.70. The van der Waals surface area contributed by atoms with Crippen molar-refractivity contribution in [3.63, 3.8) is 0 Å². The van der Waals surface area contributed by atoms with Gasteiger partial charge < -0.3 is 19.5 Å². The highest BCUT2D eigenvalue weighted by Crippen LogP contribution is 2.36. The Labute approximate surface area is 189 Å². The summed E-state index contributed by atoms with van der Waals surface area (Å²) < 4.78 is 52.7. The number of hydrogen-bond donors (Lipinski definition) is 1. The van der Waals surface area contributed by atoms with E-state index in [9.17, 15) is 18.0 Å². The van der Waals surface area contributed by atoms with Gasteiger partial charge in [-0.25, -0.2) is 4.79 Å². The average Bonchev–Trinajstić information content (AvgIpc) is 2.79. The number of alkyl carbamates (subject to hydrolysis) is 1. The van der Waals surface area contributed by atoms with E-state index in [2.05, 4.69) is 15.0 Å². The van der Waals surface area contributed by atoms with E-state index in [-0.39, 0.29) is 17.9 Å². The lowest BCUT2D eigenvalue weighted by Gasteiger charge is -2.44. The molecule has 9 heteroatoms. The number of amides is 1. The Morgan fingerprint density at radius 1 is 1.03 bits per heavy atom. The van der Waals surface area contributed by atoms with E-state index in [1.54, 1.807) is 12.1 Å². The predicted octanol–water partition coefficient (Wildman–Crippen LogP) is 4.90. The zero-order chi connectivity index (χ0) is 23.0. The molecular weight excluding hydrogens is 437 g/mol. The van der Waals surface area contributed by atoms with Gasteiger partial charge in [0.1, 0.15) is 17.6 Å². The number of benzene rings is 2. The molecule has 6 rings (SSSR count). The number of nitrogens with zero attached hydrogens (tertiary/aromatic N) is 1. The summed E-state index contributed by atoms with van der Waals surface area (Å²) in [7, 11) is 0. The van der Waals surface area contributed by atoms with Gasteiger partial charge >= 0.3 is 12.5 Å². The molecule has 1 N–H and O–H groups in total. The van der Waals surface area contributed by atoms with Crippen LogP contribution >= 0.6 is 0 Å². The lowest BCUT2D eigenvalue weighted by atomic mass is 9.86. The van der Waals surface area contributed by atoms with Gasteiger partial charge in [0.2, 0.25) is 0 Å². The van der Waals surface area contributed by atoms with Crippen LogP contribution in [0.2, 0.25) is 0 Å². The van der Waals surface area contributed by atoms with E-state index in [0.29, 0.717) is 24.7 Å². The maximum atomic E-state index is 12.7. The minimum Gasteiger partial charge on any atom is -0.493 e. The molecule has 2 bridgehead atoms.